The number of ether oxygens (including phenoxy) is 1. The Labute approximate surface area is 92.9 Å². The van der Waals surface area contributed by atoms with Gasteiger partial charge in [-0.1, -0.05) is 18.2 Å². The number of hydrogen-bond donors (Lipinski definition) is 1. The maximum atomic E-state index is 11.2. The van der Waals surface area contributed by atoms with Gasteiger partial charge in [0.15, 0.2) is 0 Å². The maximum absolute atomic E-state index is 11.2. The predicted octanol–water partition coefficient (Wildman–Crippen LogP) is 0.482. The van der Waals surface area contributed by atoms with Gasteiger partial charge in [0, 0.05) is 5.56 Å². The molecule has 1 aromatic rings. The number of benzene rings is 1. The highest BCUT2D eigenvalue weighted by molar-refractivity contribution is 6.05. The van der Waals surface area contributed by atoms with Gasteiger partial charge in [-0.15, -0.1) is 0 Å². The van der Waals surface area contributed by atoms with Gasteiger partial charge in [0.1, 0.15) is 6.42 Å². The fourth-order valence-electron chi connectivity index (χ4n) is 1.11. The SMILES string of the molecule is COC(=NC(=O)CC(N)=O)c1ccccc1. The number of rotatable bonds is 3. The maximum Gasteiger partial charge on any atom is 0.258 e. The van der Waals surface area contributed by atoms with Crippen LogP contribution in [0.25, 0.3) is 0 Å². The molecule has 0 fully saturated rings. The molecule has 0 radical (unpaired) electrons. The molecule has 16 heavy (non-hydrogen) atoms. The van der Waals surface area contributed by atoms with Crippen molar-refractivity contribution in [2.24, 2.45) is 10.7 Å². The van der Waals surface area contributed by atoms with Crippen molar-refractivity contribution in [3.63, 3.8) is 0 Å². The normalized spacial score (nSPS) is 10.9. The van der Waals surface area contributed by atoms with Crippen molar-refractivity contribution >= 4 is 17.7 Å². The second kappa shape index (κ2) is 5.65. The summed E-state index contributed by atoms with van der Waals surface area (Å²) in [6.07, 6.45) is -0.417. The van der Waals surface area contributed by atoms with Crippen LogP contribution in [-0.2, 0) is 14.3 Å². The first-order valence-corrected chi connectivity index (χ1v) is 4.62. The Morgan fingerprint density at radius 1 is 1.31 bits per heavy atom. The van der Waals surface area contributed by atoms with Gasteiger partial charge >= 0.3 is 0 Å². The van der Waals surface area contributed by atoms with Gasteiger partial charge < -0.3 is 10.5 Å². The van der Waals surface area contributed by atoms with Gasteiger partial charge in [-0.25, -0.2) is 0 Å². The van der Waals surface area contributed by atoms with Crippen LogP contribution in [0.5, 0.6) is 0 Å². The molecule has 2 N–H and O–H groups in total. The van der Waals surface area contributed by atoms with Crippen LogP contribution >= 0.6 is 0 Å². The van der Waals surface area contributed by atoms with E-state index in [2.05, 4.69) is 4.99 Å². The van der Waals surface area contributed by atoms with Gasteiger partial charge in [-0.3, -0.25) is 9.59 Å². The zero-order valence-corrected chi connectivity index (χ0v) is 8.84. The average Bonchev–Trinajstić information content (AvgIpc) is 2.26. The minimum Gasteiger partial charge on any atom is -0.480 e. The highest BCUT2D eigenvalue weighted by Gasteiger charge is 2.08. The third-order valence-electron chi connectivity index (χ3n) is 1.77. The Bertz CT molecular complexity index is 412. The Kier molecular flexibility index (Phi) is 4.20. The first kappa shape index (κ1) is 11.9. The number of hydrogen-bond acceptors (Lipinski definition) is 3. The van der Waals surface area contributed by atoms with Crippen molar-refractivity contribution in [3.05, 3.63) is 35.9 Å². The molecule has 0 aliphatic heterocycles. The summed E-state index contributed by atoms with van der Waals surface area (Å²) in [6.45, 7) is 0. The summed E-state index contributed by atoms with van der Waals surface area (Å²) >= 11 is 0. The van der Waals surface area contributed by atoms with Crippen molar-refractivity contribution in [2.45, 2.75) is 6.42 Å². The molecule has 1 aromatic carbocycles. The summed E-state index contributed by atoms with van der Waals surface area (Å²) < 4.78 is 4.97. The second-order valence-corrected chi connectivity index (χ2v) is 3.02. The van der Waals surface area contributed by atoms with Crippen molar-refractivity contribution in [1.82, 2.24) is 0 Å². The van der Waals surface area contributed by atoms with E-state index in [4.69, 9.17) is 10.5 Å². The molecule has 0 bridgehead atoms. The molecule has 0 heterocycles. The van der Waals surface area contributed by atoms with E-state index in [0.29, 0.717) is 5.56 Å². The fraction of sp³-hybridized carbons (Fsp3) is 0.182. The molecule has 0 aliphatic carbocycles. The Morgan fingerprint density at radius 2 is 1.94 bits per heavy atom. The van der Waals surface area contributed by atoms with Crippen LogP contribution in [0.4, 0.5) is 0 Å². The van der Waals surface area contributed by atoms with Gasteiger partial charge in [0.2, 0.25) is 11.8 Å². The van der Waals surface area contributed by atoms with E-state index in [1.807, 2.05) is 6.07 Å². The van der Waals surface area contributed by atoms with E-state index >= 15 is 0 Å². The molecule has 0 spiro atoms. The Hall–Kier alpha value is -2.17. The number of carbonyl (C=O) groups is 2. The van der Waals surface area contributed by atoms with Crippen LogP contribution in [0.2, 0.25) is 0 Å². The third-order valence-corrected chi connectivity index (χ3v) is 1.77. The van der Waals surface area contributed by atoms with Gasteiger partial charge in [0.05, 0.1) is 7.11 Å². The first-order valence-electron chi connectivity index (χ1n) is 4.62. The smallest absolute Gasteiger partial charge is 0.258 e. The minimum atomic E-state index is -0.711. The summed E-state index contributed by atoms with van der Waals surface area (Å²) in [4.78, 5) is 25.4. The first-order chi connectivity index (χ1) is 7.63. The van der Waals surface area contributed by atoms with E-state index in [0.717, 1.165) is 0 Å². The quantitative estimate of drug-likeness (QED) is 0.457. The predicted molar refractivity (Wildman–Crippen MR) is 58.8 cm³/mol. The highest BCUT2D eigenvalue weighted by atomic mass is 16.5. The van der Waals surface area contributed by atoms with Crippen molar-refractivity contribution < 1.29 is 14.3 Å². The van der Waals surface area contributed by atoms with Crippen molar-refractivity contribution in [1.29, 1.82) is 0 Å². The lowest BCUT2D eigenvalue weighted by Gasteiger charge is -2.03. The summed E-state index contributed by atoms with van der Waals surface area (Å²) in [5.41, 5.74) is 5.55. The standard InChI is InChI=1S/C11H12N2O3/c1-16-11(8-5-3-2-4-6-8)13-10(15)7-9(12)14/h2-6H,7H2,1H3,(H2,12,14). The number of primary amides is 1. The van der Waals surface area contributed by atoms with Crippen LogP contribution in [0.3, 0.4) is 0 Å². The molecule has 0 saturated carbocycles. The molecule has 0 aromatic heterocycles. The number of nitrogens with zero attached hydrogens (tertiary/aromatic N) is 1. The number of aliphatic imine (C=N–C) groups is 1. The largest absolute Gasteiger partial charge is 0.480 e. The summed E-state index contributed by atoms with van der Waals surface area (Å²) in [5.74, 6) is -1.16. The van der Waals surface area contributed by atoms with E-state index in [1.54, 1.807) is 24.3 Å². The van der Waals surface area contributed by atoms with Crippen LogP contribution in [0.1, 0.15) is 12.0 Å². The number of nitrogens with two attached hydrogens (primary N) is 1. The summed E-state index contributed by atoms with van der Waals surface area (Å²) in [7, 11) is 1.41. The zero-order chi connectivity index (χ0) is 12.0. The van der Waals surface area contributed by atoms with E-state index in [1.165, 1.54) is 7.11 Å². The van der Waals surface area contributed by atoms with Crippen molar-refractivity contribution in [2.75, 3.05) is 7.11 Å². The topological polar surface area (TPSA) is 81.8 Å². The van der Waals surface area contributed by atoms with Crippen LogP contribution < -0.4 is 5.73 Å². The lowest BCUT2D eigenvalue weighted by atomic mass is 10.2. The van der Waals surface area contributed by atoms with E-state index in [9.17, 15) is 9.59 Å². The highest BCUT2D eigenvalue weighted by Crippen LogP contribution is 2.02. The molecular formula is C11H12N2O3. The molecule has 84 valence electrons. The van der Waals surface area contributed by atoms with Crippen LogP contribution in [0, 0.1) is 0 Å². The lowest BCUT2D eigenvalue weighted by molar-refractivity contribution is -0.125. The van der Waals surface area contributed by atoms with Crippen LogP contribution in [-0.4, -0.2) is 24.8 Å². The van der Waals surface area contributed by atoms with Gasteiger partial charge in [0.25, 0.3) is 5.91 Å². The Morgan fingerprint density at radius 3 is 2.44 bits per heavy atom. The minimum absolute atomic E-state index is 0.173. The number of carbonyl (C=O) groups excluding carboxylic acids is 2. The van der Waals surface area contributed by atoms with Gasteiger partial charge in [-0.2, -0.15) is 4.99 Å². The lowest BCUT2D eigenvalue weighted by Crippen LogP contribution is -2.16. The third kappa shape index (κ3) is 3.53. The summed E-state index contributed by atoms with van der Waals surface area (Å²) in [5, 5.41) is 0. The van der Waals surface area contributed by atoms with E-state index in [-0.39, 0.29) is 5.90 Å². The number of methoxy groups -OCH3 is 1. The summed E-state index contributed by atoms with van der Waals surface area (Å²) in [6, 6.07) is 8.92. The monoisotopic (exact) mass is 220 g/mol. The average molecular weight is 220 g/mol. The molecule has 1 rings (SSSR count). The van der Waals surface area contributed by atoms with Crippen LogP contribution in [0.15, 0.2) is 35.3 Å². The van der Waals surface area contributed by atoms with Crippen molar-refractivity contribution in [3.8, 4) is 0 Å². The molecule has 5 heteroatoms. The molecular weight excluding hydrogens is 208 g/mol. The molecule has 0 atom stereocenters. The Balaban J connectivity index is 2.86. The fourth-order valence-corrected chi connectivity index (χ4v) is 1.11. The van der Waals surface area contributed by atoms with E-state index < -0.39 is 18.2 Å². The molecule has 2 amide bonds. The molecule has 0 unspecified atom stereocenters. The number of amides is 2. The second-order valence-electron chi connectivity index (χ2n) is 3.02. The zero-order valence-electron chi connectivity index (χ0n) is 8.84. The van der Waals surface area contributed by atoms with Gasteiger partial charge in [-0.05, 0) is 12.1 Å². The molecule has 0 saturated heterocycles. The molecule has 0 aliphatic rings. The molecule has 5 nitrogen and oxygen atoms in total.